The zero-order valence-electron chi connectivity index (χ0n) is 9.50. The number of aliphatic carboxylic acids is 1. The molecular weight excluding hydrogens is 224 g/mol. The lowest BCUT2D eigenvalue weighted by Crippen LogP contribution is -2.49. The highest BCUT2D eigenvalue weighted by Gasteiger charge is 2.35. The summed E-state index contributed by atoms with van der Waals surface area (Å²) in [7, 11) is 0. The molecule has 6 nitrogen and oxygen atoms in total. The standard InChI is InChI=1S/C11H14N2O4/c1-7-2-4-13(9(6-7)11(15)16)10(14)8-3-5-17-12-8/h3,5,7,9H,2,4,6H2,1H3,(H,15,16). The van der Waals surface area contributed by atoms with Crippen molar-refractivity contribution in [1.29, 1.82) is 0 Å². The highest BCUT2D eigenvalue weighted by atomic mass is 16.5. The molecule has 17 heavy (non-hydrogen) atoms. The predicted octanol–water partition coefficient (Wildman–Crippen LogP) is 1.000. The zero-order valence-corrected chi connectivity index (χ0v) is 9.50. The number of nitrogens with zero attached hydrogens (tertiary/aromatic N) is 2. The third kappa shape index (κ3) is 2.30. The van der Waals surface area contributed by atoms with Crippen LogP contribution in [0.2, 0.25) is 0 Å². The molecule has 1 fully saturated rings. The van der Waals surface area contributed by atoms with Gasteiger partial charge in [-0.15, -0.1) is 0 Å². The van der Waals surface area contributed by atoms with Crippen molar-refractivity contribution in [2.24, 2.45) is 5.92 Å². The molecule has 1 aromatic heterocycles. The molecule has 1 saturated heterocycles. The summed E-state index contributed by atoms with van der Waals surface area (Å²) in [5.41, 5.74) is 0.158. The first-order valence-corrected chi connectivity index (χ1v) is 5.53. The first kappa shape index (κ1) is 11.6. The summed E-state index contributed by atoms with van der Waals surface area (Å²) in [6.45, 7) is 2.44. The quantitative estimate of drug-likeness (QED) is 0.830. The fraction of sp³-hybridized carbons (Fsp3) is 0.545. The second-order valence-corrected chi connectivity index (χ2v) is 4.37. The van der Waals surface area contributed by atoms with Gasteiger partial charge in [-0.2, -0.15) is 0 Å². The van der Waals surface area contributed by atoms with Gasteiger partial charge in [-0.05, 0) is 18.8 Å². The number of hydrogen-bond donors (Lipinski definition) is 1. The monoisotopic (exact) mass is 238 g/mol. The maximum Gasteiger partial charge on any atom is 0.326 e. The van der Waals surface area contributed by atoms with E-state index in [0.717, 1.165) is 6.42 Å². The van der Waals surface area contributed by atoms with Crippen LogP contribution in [0.15, 0.2) is 16.9 Å². The van der Waals surface area contributed by atoms with Crippen molar-refractivity contribution < 1.29 is 19.2 Å². The van der Waals surface area contributed by atoms with Crippen LogP contribution in [0.3, 0.4) is 0 Å². The molecule has 0 aromatic carbocycles. The number of likely N-dealkylation sites (tertiary alicyclic amines) is 1. The van der Waals surface area contributed by atoms with Gasteiger partial charge in [0.2, 0.25) is 0 Å². The van der Waals surface area contributed by atoms with E-state index < -0.39 is 12.0 Å². The van der Waals surface area contributed by atoms with Crippen molar-refractivity contribution >= 4 is 11.9 Å². The number of piperidine rings is 1. The number of carbonyl (C=O) groups is 2. The fourth-order valence-corrected chi connectivity index (χ4v) is 2.09. The first-order valence-electron chi connectivity index (χ1n) is 5.53. The van der Waals surface area contributed by atoms with Crippen LogP contribution in [0.25, 0.3) is 0 Å². The summed E-state index contributed by atoms with van der Waals surface area (Å²) in [5.74, 6) is -1.02. The van der Waals surface area contributed by atoms with Gasteiger partial charge in [0.1, 0.15) is 12.3 Å². The van der Waals surface area contributed by atoms with E-state index in [-0.39, 0.29) is 11.6 Å². The molecule has 2 atom stereocenters. The van der Waals surface area contributed by atoms with Gasteiger partial charge in [0.15, 0.2) is 5.69 Å². The van der Waals surface area contributed by atoms with E-state index >= 15 is 0 Å². The lowest BCUT2D eigenvalue weighted by atomic mass is 9.92. The summed E-state index contributed by atoms with van der Waals surface area (Å²) in [6, 6.07) is 0.683. The Labute approximate surface area is 98.2 Å². The van der Waals surface area contributed by atoms with Crippen LogP contribution in [0.1, 0.15) is 30.3 Å². The van der Waals surface area contributed by atoms with Gasteiger partial charge in [0.25, 0.3) is 5.91 Å². The van der Waals surface area contributed by atoms with Gasteiger partial charge in [0.05, 0.1) is 0 Å². The van der Waals surface area contributed by atoms with Crippen molar-refractivity contribution in [3.8, 4) is 0 Å². The number of carboxylic acids is 1. The summed E-state index contributed by atoms with van der Waals surface area (Å²) < 4.78 is 4.60. The molecule has 0 radical (unpaired) electrons. The van der Waals surface area contributed by atoms with E-state index in [1.54, 1.807) is 0 Å². The van der Waals surface area contributed by atoms with Crippen molar-refractivity contribution in [1.82, 2.24) is 10.1 Å². The van der Waals surface area contributed by atoms with Gasteiger partial charge >= 0.3 is 5.97 Å². The SMILES string of the molecule is CC1CCN(C(=O)c2ccon2)C(C(=O)O)C1. The number of carboxylic acid groups (broad SMARTS) is 1. The molecule has 0 spiro atoms. The molecule has 92 valence electrons. The van der Waals surface area contributed by atoms with Crippen LogP contribution in [-0.2, 0) is 4.79 Å². The van der Waals surface area contributed by atoms with E-state index in [2.05, 4.69) is 9.68 Å². The fourth-order valence-electron chi connectivity index (χ4n) is 2.09. The Hall–Kier alpha value is -1.85. The Kier molecular flexibility index (Phi) is 3.12. The van der Waals surface area contributed by atoms with Gasteiger partial charge < -0.3 is 14.5 Å². The van der Waals surface area contributed by atoms with Crippen LogP contribution in [0.5, 0.6) is 0 Å². The van der Waals surface area contributed by atoms with Gasteiger partial charge in [-0.3, -0.25) is 4.79 Å². The molecule has 2 heterocycles. The largest absolute Gasteiger partial charge is 0.480 e. The average Bonchev–Trinajstić information content (AvgIpc) is 2.81. The molecule has 1 aliphatic heterocycles. The minimum atomic E-state index is -0.964. The number of hydrogen-bond acceptors (Lipinski definition) is 4. The number of carbonyl (C=O) groups excluding carboxylic acids is 1. The highest BCUT2D eigenvalue weighted by Crippen LogP contribution is 2.24. The second kappa shape index (κ2) is 4.57. The van der Waals surface area contributed by atoms with Crippen molar-refractivity contribution in [3.63, 3.8) is 0 Å². The number of aromatic nitrogens is 1. The van der Waals surface area contributed by atoms with Crippen LogP contribution in [-0.4, -0.2) is 39.6 Å². The Morgan fingerprint density at radius 3 is 2.94 bits per heavy atom. The van der Waals surface area contributed by atoms with E-state index in [9.17, 15) is 9.59 Å². The van der Waals surface area contributed by atoms with Crippen molar-refractivity contribution in [3.05, 3.63) is 18.0 Å². The summed E-state index contributed by atoms with van der Waals surface area (Å²) in [6.07, 6.45) is 2.60. The first-order chi connectivity index (χ1) is 8.09. The molecule has 2 unspecified atom stereocenters. The Balaban J connectivity index is 2.18. The molecule has 1 aliphatic rings. The molecule has 0 saturated carbocycles. The Morgan fingerprint density at radius 2 is 2.35 bits per heavy atom. The Bertz CT molecular complexity index is 415. The summed E-state index contributed by atoms with van der Waals surface area (Å²) in [4.78, 5) is 24.5. The predicted molar refractivity (Wildman–Crippen MR) is 57.4 cm³/mol. The van der Waals surface area contributed by atoms with Crippen LogP contribution >= 0.6 is 0 Å². The third-order valence-electron chi connectivity index (χ3n) is 3.07. The molecule has 1 amide bonds. The molecular formula is C11H14N2O4. The number of rotatable bonds is 2. The molecule has 0 aliphatic carbocycles. The minimum Gasteiger partial charge on any atom is -0.480 e. The van der Waals surface area contributed by atoms with Crippen LogP contribution in [0, 0.1) is 5.92 Å². The van der Waals surface area contributed by atoms with Gasteiger partial charge in [-0.1, -0.05) is 12.1 Å². The maximum atomic E-state index is 12.0. The topological polar surface area (TPSA) is 83.6 Å². The van der Waals surface area contributed by atoms with Gasteiger partial charge in [-0.25, -0.2) is 4.79 Å². The van der Waals surface area contributed by atoms with E-state index in [0.29, 0.717) is 18.9 Å². The van der Waals surface area contributed by atoms with Crippen LogP contribution < -0.4 is 0 Å². The normalized spacial score (nSPS) is 24.6. The number of amides is 1. The maximum absolute atomic E-state index is 12.0. The average molecular weight is 238 g/mol. The van der Waals surface area contributed by atoms with E-state index in [4.69, 9.17) is 5.11 Å². The molecule has 1 aromatic rings. The third-order valence-corrected chi connectivity index (χ3v) is 3.07. The van der Waals surface area contributed by atoms with E-state index in [1.807, 2.05) is 6.92 Å². The molecule has 6 heteroatoms. The second-order valence-electron chi connectivity index (χ2n) is 4.37. The van der Waals surface area contributed by atoms with Crippen LogP contribution in [0.4, 0.5) is 0 Å². The van der Waals surface area contributed by atoms with Gasteiger partial charge in [0, 0.05) is 12.6 Å². The molecule has 1 N–H and O–H groups in total. The van der Waals surface area contributed by atoms with Crippen molar-refractivity contribution in [2.45, 2.75) is 25.8 Å². The summed E-state index contributed by atoms with van der Waals surface area (Å²) in [5, 5.41) is 12.7. The Morgan fingerprint density at radius 1 is 1.59 bits per heavy atom. The minimum absolute atomic E-state index is 0.158. The van der Waals surface area contributed by atoms with Crippen molar-refractivity contribution in [2.75, 3.05) is 6.54 Å². The lowest BCUT2D eigenvalue weighted by Gasteiger charge is -2.35. The van der Waals surface area contributed by atoms with E-state index in [1.165, 1.54) is 17.2 Å². The highest BCUT2D eigenvalue weighted by molar-refractivity contribution is 5.94. The molecule has 0 bridgehead atoms. The smallest absolute Gasteiger partial charge is 0.326 e. The molecule has 2 rings (SSSR count). The summed E-state index contributed by atoms with van der Waals surface area (Å²) >= 11 is 0. The zero-order chi connectivity index (χ0) is 12.4. The lowest BCUT2D eigenvalue weighted by molar-refractivity contribution is -0.144.